The zero-order chi connectivity index (χ0) is 19.7. The second-order valence-electron chi connectivity index (χ2n) is 8.00. The van der Waals surface area contributed by atoms with Gasteiger partial charge in [-0.05, 0) is 37.0 Å². The number of carbonyl (C=O) groups excluding carboxylic acids is 1. The normalized spacial score (nSPS) is 21.9. The summed E-state index contributed by atoms with van der Waals surface area (Å²) in [7, 11) is 5.49. The summed E-state index contributed by atoms with van der Waals surface area (Å²) in [6.45, 7) is 2.60. The number of methoxy groups -OCH3 is 1. The van der Waals surface area contributed by atoms with E-state index in [1.807, 2.05) is 49.6 Å². The van der Waals surface area contributed by atoms with Gasteiger partial charge < -0.3 is 15.0 Å². The quantitative estimate of drug-likeness (QED) is 0.872. The van der Waals surface area contributed by atoms with E-state index >= 15 is 0 Å². The van der Waals surface area contributed by atoms with E-state index in [-0.39, 0.29) is 11.4 Å². The Labute approximate surface area is 165 Å². The van der Waals surface area contributed by atoms with Crippen LogP contribution in [0.4, 0.5) is 5.95 Å². The smallest absolute Gasteiger partial charge is 0.252 e. The first kappa shape index (κ1) is 18.7. The average molecular weight is 381 g/mol. The first-order chi connectivity index (χ1) is 13.5. The second kappa shape index (κ2) is 7.39. The van der Waals surface area contributed by atoms with Crippen molar-refractivity contribution in [1.82, 2.24) is 20.2 Å². The van der Waals surface area contributed by atoms with E-state index < -0.39 is 0 Å². The molecule has 1 fully saturated rings. The molecule has 1 aromatic carbocycles. The van der Waals surface area contributed by atoms with Crippen molar-refractivity contribution in [2.75, 3.05) is 39.2 Å². The molecule has 1 spiro atoms. The van der Waals surface area contributed by atoms with Gasteiger partial charge in [0.05, 0.1) is 12.6 Å². The fourth-order valence-electron chi connectivity index (χ4n) is 4.17. The highest BCUT2D eigenvalue weighted by Crippen LogP contribution is 2.32. The Kier molecular flexibility index (Phi) is 4.93. The first-order valence-electron chi connectivity index (χ1n) is 9.68. The molecular formula is C21H27N5O2. The minimum atomic E-state index is -0.173. The molecule has 1 aromatic heterocycles. The molecule has 0 saturated carbocycles. The molecule has 2 aliphatic rings. The number of rotatable bonds is 4. The fraction of sp³-hybridized carbons (Fsp3) is 0.476. The van der Waals surface area contributed by atoms with Gasteiger partial charge in [-0.2, -0.15) is 0 Å². The van der Waals surface area contributed by atoms with Gasteiger partial charge in [-0.15, -0.1) is 0 Å². The number of fused-ring (bicyclic) bond motifs is 1. The lowest BCUT2D eigenvalue weighted by molar-refractivity contribution is 0.0901. The maximum Gasteiger partial charge on any atom is 0.252 e. The molecule has 2 aliphatic heterocycles. The number of aryl methyl sites for hydroxylation is 1. The summed E-state index contributed by atoms with van der Waals surface area (Å²) in [4.78, 5) is 26.0. The number of hydrogen-bond acceptors (Lipinski definition) is 6. The molecule has 7 nitrogen and oxygen atoms in total. The molecule has 3 heterocycles. The maximum atomic E-state index is 12.9. The minimum absolute atomic E-state index is 0.00641. The van der Waals surface area contributed by atoms with Crippen molar-refractivity contribution < 1.29 is 9.53 Å². The van der Waals surface area contributed by atoms with Gasteiger partial charge in [0.2, 0.25) is 5.95 Å². The summed E-state index contributed by atoms with van der Waals surface area (Å²) in [5, 5.41) is 3.33. The molecule has 4 rings (SSSR count). The van der Waals surface area contributed by atoms with Gasteiger partial charge in [0.1, 0.15) is 5.75 Å². The van der Waals surface area contributed by atoms with Crippen molar-refractivity contribution in [3.05, 3.63) is 47.3 Å². The van der Waals surface area contributed by atoms with Crippen LogP contribution in [0.15, 0.2) is 30.6 Å². The molecule has 1 N–H and O–H groups in total. The van der Waals surface area contributed by atoms with E-state index in [9.17, 15) is 4.79 Å². The molecule has 2 aromatic rings. The molecule has 7 heteroatoms. The highest BCUT2D eigenvalue weighted by molar-refractivity contribution is 5.97. The van der Waals surface area contributed by atoms with Crippen LogP contribution in [-0.4, -0.2) is 60.6 Å². The standard InChI is InChI=1S/C21H27N5O2/c1-25(2)20-22-11-15(12-23-20)13-26-9-8-21(14-26)7-6-16-4-5-17(28-3)10-18(16)19(27)24-21/h4-5,10-12H,6-9,13-14H2,1-3H3,(H,24,27)/t21-/m1/s1. The number of likely N-dealkylation sites (tertiary alicyclic amines) is 1. The number of carbonyl (C=O) groups is 1. The van der Waals surface area contributed by atoms with Gasteiger partial charge in [0, 0.05) is 57.3 Å². The molecule has 148 valence electrons. The Balaban J connectivity index is 1.45. The first-order valence-corrected chi connectivity index (χ1v) is 9.68. The van der Waals surface area contributed by atoms with Gasteiger partial charge in [0.15, 0.2) is 0 Å². The Morgan fingerprint density at radius 2 is 2.04 bits per heavy atom. The topological polar surface area (TPSA) is 70.6 Å². The van der Waals surface area contributed by atoms with Crippen molar-refractivity contribution in [1.29, 1.82) is 0 Å². The van der Waals surface area contributed by atoms with Crippen molar-refractivity contribution in [3.8, 4) is 5.75 Å². The number of anilines is 1. The van der Waals surface area contributed by atoms with Crippen LogP contribution in [0.25, 0.3) is 0 Å². The number of nitrogens with zero attached hydrogens (tertiary/aromatic N) is 4. The maximum absolute atomic E-state index is 12.9. The summed E-state index contributed by atoms with van der Waals surface area (Å²) >= 11 is 0. The molecule has 0 unspecified atom stereocenters. The van der Waals surface area contributed by atoms with Gasteiger partial charge in [-0.3, -0.25) is 9.69 Å². The van der Waals surface area contributed by atoms with E-state index in [0.29, 0.717) is 5.95 Å². The SMILES string of the molecule is COc1ccc2c(c1)C(=O)N[C@]1(CC2)CCN(Cc2cnc(N(C)C)nc2)C1. The van der Waals surface area contributed by atoms with Crippen molar-refractivity contribution in [2.45, 2.75) is 31.3 Å². The number of benzene rings is 1. The zero-order valence-electron chi connectivity index (χ0n) is 16.7. The van der Waals surface area contributed by atoms with E-state index in [1.165, 1.54) is 0 Å². The van der Waals surface area contributed by atoms with E-state index in [0.717, 1.165) is 61.3 Å². The fourth-order valence-corrected chi connectivity index (χ4v) is 4.17. The lowest BCUT2D eigenvalue weighted by atomic mass is 9.91. The Morgan fingerprint density at radius 3 is 2.75 bits per heavy atom. The molecule has 0 aliphatic carbocycles. The predicted octanol–water partition coefficient (Wildman–Crippen LogP) is 1.87. The summed E-state index contributed by atoms with van der Waals surface area (Å²) in [6, 6.07) is 5.80. The number of aromatic nitrogens is 2. The third kappa shape index (κ3) is 3.67. The van der Waals surface area contributed by atoms with Gasteiger partial charge in [-0.1, -0.05) is 6.07 Å². The van der Waals surface area contributed by atoms with Crippen molar-refractivity contribution in [2.24, 2.45) is 0 Å². The van der Waals surface area contributed by atoms with Crippen LogP contribution in [0, 0.1) is 0 Å². The van der Waals surface area contributed by atoms with E-state index in [1.54, 1.807) is 7.11 Å². The van der Waals surface area contributed by atoms with Crippen LogP contribution in [-0.2, 0) is 13.0 Å². The van der Waals surface area contributed by atoms with E-state index in [4.69, 9.17) is 4.74 Å². The van der Waals surface area contributed by atoms with Crippen LogP contribution in [0.2, 0.25) is 0 Å². The molecular weight excluding hydrogens is 354 g/mol. The lowest BCUT2D eigenvalue weighted by Crippen LogP contribution is -2.49. The van der Waals surface area contributed by atoms with Crippen LogP contribution in [0.3, 0.4) is 0 Å². The predicted molar refractivity (Wildman–Crippen MR) is 108 cm³/mol. The van der Waals surface area contributed by atoms with Crippen LogP contribution in [0.5, 0.6) is 5.75 Å². The molecule has 28 heavy (non-hydrogen) atoms. The molecule has 1 saturated heterocycles. The number of nitrogens with one attached hydrogen (secondary N) is 1. The summed E-state index contributed by atoms with van der Waals surface area (Å²) < 4.78 is 5.29. The summed E-state index contributed by atoms with van der Waals surface area (Å²) in [5.41, 5.74) is 2.76. The number of amides is 1. The second-order valence-corrected chi connectivity index (χ2v) is 8.00. The van der Waals surface area contributed by atoms with Crippen LogP contribution in [0.1, 0.15) is 34.3 Å². The minimum Gasteiger partial charge on any atom is -0.497 e. The highest BCUT2D eigenvalue weighted by Gasteiger charge is 2.41. The lowest BCUT2D eigenvalue weighted by Gasteiger charge is -2.29. The van der Waals surface area contributed by atoms with Gasteiger partial charge >= 0.3 is 0 Å². The van der Waals surface area contributed by atoms with E-state index in [2.05, 4.69) is 20.2 Å². The monoisotopic (exact) mass is 381 g/mol. The molecule has 1 amide bonds. The zero-order valence-corrected chi connectivity index (χ0v) is 16.7. The molecule has 0 radical (unpaired) electrons. The largest absolute Gasteiger partial charge is 0.497 e. The van der Waals surface area contributed by atoms with Crippen molar-refractivity contribution >= 4 is 11.9 Å². The van der Waals surface area contributed by atoms with Crippen molar-refractivity contribution in [3.63, 3.8) is 0 Å². The average Bonchev–Trinajstić information content (AvgIpc) is 3.02. The third-order valence-electron chi connectivity index (χ3n) is 5.74. The Bertz CT molecular complexity index is 868. The Morgan fingerprint density at radius 1 is 1.25 bits per heavy atom. The number of hydrogen-bond donors (Lipinski definition) is 1. The van der Waals surface area contributed by atoms with Gasteiger partial charge in [0.25, 0.3) is 5.91 Å². The summed E-state index contributed by atoms with van der Waals surface area (Å²) in [6.07, 6.45) is 6.58. The van der Waals surface area contributed by atoms with Crippen LogP contribution >= 0.6 is 0 Å². The Hall–Kier alpha value is -2.67. The number of ether oxygens (including phenoxy) is 1. The molecule has 1 atom stereocenters. The van der Waals surface area contributed by atoms with Crippen LogP contribution < -0.4 is 15.0 Å². The molecule has 0 bridgehead atoms. The summed E-state index contributed by atoms with van der Waals surface area (Å²) in [5.74, 6) is 1.44. The third-order valence-corrected chi connectivity index (χ3v) is 5.74. The highest BCUT2D eigenvalue weighted by atomic mass is 16.5. The van der Waals surface area contributed by atoms with Gasteiger partial charge in [-0.25, -0.2) is 9.97 Å².